The molecule has 2 heterocycles. The van der Waals surface area contributed by atoms with Crippen molar-refractivity contribution in [2.45, 2.75) is 38.6 Å². The van der Waals surface area contributed by atoms with Gasteiger partial charge in [-0.15, -0.1) is 11.6 Å². The van der Waals surface area contributed by atoms with Crippen molar-refractivity contribution >= 4 is 17.5 Å². The molecule has 17 heavy (non-hydrogen) atoms. The Hall–Kier alpha value is -1.03. The fourth-order valence-corrected chi connectivity index (χ4v) is 2.55. The number of nitrogens with zero attached hydrogens (tertiary/aromatic N) is 2. The lowest BCUT2D eigenvalue weighted by Gasteiger charge is -2.34. The molecule has 0 bridgehead atoms. The molecule has 1 aliphatic rings. The number of hydrogen-bond donors (Lipinski definition) is 0. The van der Waals surface area contributed by atoms with Crippen molar-refractivity contribution in [1.29, 1.82) is 0 Å². The average molecular weight is 257 g/mol. The van der Waals surface area contributed by atoms with Gasteiger partial charge in [0.05, 0.1) is 5.69 Å². The zero-order valence-corrected chi connectivity index (χ0v) is 10.7. The highest BCUT2D eigenvalue weighted by Gasteiger charge is 2.28. The van der Waals surface area contributed by atoms with E-state index in [-0.39, 0.29) is 11.9 Å². The van der Waals surface area contributed by atoms with E-state index < -0.39 is 0 Å². The standard InChI is InChI=1S/C12H17ClN2O2/c1-9-8-11(17-14-9)12(16)15-7-3-2-4-10(15)5-6-13/h8,10H,2-7H2,1H3. The van der Waals surface area contributed by atoms with Crippen LogP contribution in [0.15, 0.2) is 10.6 Å². The lowest BCUT2D eigenvalue weighted by atomic mass is 9.99. The van der Waals surface area contributed by atoms with E-state index in [1.165, 1.54) is 6.42 Å². The van der Waals surface area contributed by atoms with Crippen LogP contribution < -0.4 is 0 Å². The second-order valence-corrected chi connectivity index (χ2v) is 4.84. The van der Waals surface area contributed by atoms with Crippen LogP contribution in [-0.4, -0.2) is 34.4 Å². The molecule has 1 saturated heterocycles. The van der Waals surface area contributed by atoms with Gasteiger partial charge >= 0.3 is 0 Å². The SMILES string of the molecule is Cc1cc(C(=O)N2CCCCC2CCCl)on1. The molecule has 94 valence electrons. The highest BCUT2D eigenvalue weighted by Crippen LogP contribution is 2.22. The third kappa shape index (κ3) is 2.80. The molecule has 1 aromatic rings. The number of aromatic nitrogens is 1. The second-order valence-electron chi connectivity index (χ2n) is 4.46. The van der Waals surface area contributed by atoms with E-state index in [2.05, 4.69) is 5.16 Å². The van der Waals surface area contributed by atoms with Crippen molar-refractivity contribution < 1.29 is 9.32 Å². The molecule has 0 spiro atoms. The van der Waals surface area contributed by atoms with Crippen molar-refractivity contribution in [3.05, 3.63) is 17.5 Å². The first-order valence-corrected chi connectivity index (χ1v) is 6.56. The summed E-state index contributed by atoms with van der Waals surface area (Å²) in [6.07, 6.45) is 4.10. The van der Waals surface area contributed by atoms with Crippen LogP contribution in [0.2, 0.25) is 0 Å². The fourth-order valence-electron chi connectivity index (χ4n) is 2.30. The Kier molecular flexibility index (Phi) is 4.05. The maximum atomic E-state index is 12.2. The molecule has 0 aromatic carbocycles. The Balaban J connectivity index is 2.10. The van der Waals surface area contributed by atoms with Gasteiger partial charge in [-0.05, 0) is 32.6 Å². The van der Waals surface area contributed by atoms with E-state index in [4.69, 9.17) is 16.1 Å². The first kappa shape index (κ1) is 12.4. The molecule has 1 fully saturated rings. The first-order chi connectivity index (χ1) is 8.22. The Labute approximate surface area is 106 Å². The Morgan fingerprint density at radius 3 is 3.12 bits per heavy atom. The predicted octanol–water partition coefficient (Wildman–Crippen LogP) is 2.61. The Bertz CT molecular complexity index is 390. The molecule has 0 N–H and O–H groups in total. The van der Waals surface area contributed by atoms with Crippen LogP contribution in [0.5, 0.6) is 0 Å². The molecule has 1 unspecified atom stereocenters. The second kappa shape index (κ2) is 5.54. The van der Waals surface area contributed by atoms with Crippen LogP contribution in [0.25, 0.3) is 0 Å². The molecule has 0 radical (unpaired) electrons. The summed E-state index contributed by atoms with van der Waals surface area (Å²) in [4.78, 5) is 14.1. The van der Waals surface area contributed by atoms with E-state index in [9.17, 15) is 4.79 Å². The molecule has 1 aliphatic heterocycles. The van der Waals surface area contributed by atoms with Gasteiger partial charge in [0, 0.05) is 24.5 Å². The van der Waals surface area contributed by atoms with Gasteiger partial charge in [-0.25, -0.2) is 0 Å². The van der Waals surface area contributed by atoms with Crippen molar-refractivity contribution in [3.63, 3.8) is 0 Å². The number of likely N-dealkylation sites (tertiary alicyclic amines) is 1. The molecule has 1 atom stereocenters. The Morgan fingerprint density at radius 2 is 2.47 bits per heavy atom. The maximum Gasteiger partial charge on any atom is 0.292 e. The molecule has 0 saturated carbocycles. The monoisotopic (exact) mass is 256 g/mol. The third-order valence-electron chi connectivity index (χ3n) is 3.17. The maximum absolute atomic E-state index is 12.2. The van der Waals surface area contributed by atoms with Gasteiger partial charge in [0.1, 0.15) is 0 Å². The third-order valence-corrected chi connectivity index (χ3v) is 3.39. The van der Waals surface area contributed by atoms with E-state index in [1.807, 2.05) is 11.8 Å². The highest BCUT2D eigenvalue weighted by molar-refractivity contribution is 6.17. The van der Waals surface area contributed by atoms with Gasteiger partial charge in [-0.2, -0.15) is 0 Å². The summed E-state index contributed by atoms with van der Waals surface area (Å²) >= 11 is 5.78. The van der Waals surface area contributed by atoms with Gasteiger partial charge < -0.3 is 9.42 Å². The molecule has 5 heteroatoms. The first-order valence-electron chi connectivity index (χ1n) is 6.02. The van der Waals surface area contributed by atoms with Crippen LogP contribution in [0, 0.1) is 6.92 Å². The number of aryl methyl sites for hydroxylation is 1. The number of halogens is 1. The van der Waals surface area contributed by atoms with E-state index in [0.29, 0.717) is 11.6 Å². The van der Waals surface area contributed by atoms with E-state index >= 15 is 0 Å². The largest absolute Gasteiger partial charge is 0.351 e. The molecular formula is C12H17ClN2O2. The van der Waals surface area contributed by atoms with Gasteiger partial charge in [-0.3, -0.25) is 4.79 Å². The van der Waals surface area contributed by atoms with Crippen LogP contribution in [0.3, 0.4) is 0 Å². The summed E-state index contributed by atoms with van der Waals surface area (Å²) in [5, 5.41) is 3.75. The van der Waals surface area contributed by atoms with E-state index in [1.54, 1.807) is 6.07 Å². The fraction of sp³-hybridized carbons (Fsp3) is 0.667. The van der Waals surface area contributed by atoms with Crippen molar-refractivity contribution in [1.82, 2.24) is 10.1 Å². The number of alkyl halides is 1. The minimum absolute atomic E-state index is 0.0552. The van der Waals surface area contributed by atoms with Gasteiger partial charge in [0.2, 0.25) is 5.76 Å². The van der Waals surface area contributed by atoms with Crippen molar-refractivity contribution in [2.75, 3.05) is 12.4 Å². The summed E-state index contributed by atoms with van der Waals surface area (Å²) in [5.41, 5.74) is 0.735. The molecule has 4 nitrogen and oxygen atoms in total. The summed E-state index contributed by atoms with van der Waals surface area (Å²) < 4.78 is 5.03. The Morgan fingerprint density at radius 1 is 1.65 bits per heavy atom. The van der Waals surface area contributed by atoms with Crippen LogP contribution in [-0.2, 0) is 0 Å². The lowest BCUT2D eigenvalue weighted by Crippen LogP contribution is -2.43. The zero-order valence-electron chi connectivity index (χ0n) is 9.99. The topological polar surface area (TPSA) is 46.3 Å². The summed E-state index contributed by atoms with van der Waals surface area (Å²) in [6, 6.07) is 1.94. The van der Waals surface area contributed by atoms with Gasteiger partial charge in [0.15, 0.2) is 0 Å². The highest BCUT2D eigenvalue weighted by atomic mass is 35.5. The minimum atomic E-state index is -0.0552. The molecule has 1 amide bonds. The summed E-state index contributed by atoms with van der Waals surface area (Å²) in [6.45, 7) is 2.60. The number of hydrogen-bond acceptors (Lipinski definition) is 3. The zero-order chi connectivity index (χ0) is 12.3. The predicted molar refractivity (Wildman–Crippen MR) is 65.3 cm³/mol. The summed E-state index contributed by atoms with van der Waals surface area (Å²) in [5.74, 6) is 0.869. The van der Waals surface area contributed by atoms with Crippen LogP contribution >= 0.6 is 11.6 Å². The molecule has 1 aromatic heterocycles. The van der Waals surface area contributed by atoms with Gasteiger partial charge in [0.25, 0.3) is 5.91 Å². The normalized spacial score (nSPS) is 20.6. The lowest BCUT2D eigenvalue weighted by molar-refractivity contribution is 0.0567. The number of carbonyl (C=O) groups is 1. The van der Waals surface area contributed by atoms with Crippen LogP contribution in [0.4, 0.5) is 0 Å². The molecular weight excluding hydrogens is 240 g/mol. The van der Waals surface area contributed by atoms with Crippen molar-refractivity contribution in [3.8, 4) is 0 Å². The molecule has 0 aliphatic carbocycles. The summed E-state index contributed by atoms with van der Waals surface area (Å²) in [7, 11) is 0. The minimum Gasteiger partial charge on any atom is -0.351 e. The van der Waals surface area contributed by atoms with Crippen LogP contribution in [0.1, 0.15) is 41.9 Å². The number of carbonyl (C=O) groups excluding carboxylic acids is 1. The number of amides is 1. The van der Waals surface area contributed by atoms with Gasteiger partial charge in [-0.1, -0.05) is 5.16 Å². The number of piperidine rings is 1. The quantitative estimate of drug-likeness (QED) is 0.781. The number of rotatable bonds is 3. The van der Waals surface area contributed by atoms with Crippen molar-refractivity contribution in [2.24, 2.45) is 0 Å². The smallest absolute Gasteiger partial charge is 0.292 e. The average Bonchev–Trinajstić information content (AvgIpc) is 2.76. The van der Waals surface area contributed by atoms with E-state index in [0.717, 1.165) is 31.5 Å². The molecule has 2 rings (SSSR count).